The van der Waals surface area contributed by atoms with Crippen molar-refractivity contribution in [2.45, 2.75) is 13.1 Å². The largest absolute Gasteiger partial charge is 0.366 e. The highest BCUT2D eigenvalue weighted by atomic mass is 32.1. The maximum Gasteiger partial charge on any atom is 0.249 e. The Labute approximate surface area is 113 Å². The Hall–Kier alpha value is -1.79. The molecule has 6 heteroatoms. The molecule has 0 spiro atoms. The van der Waals surface area contributed by atoms with Crippen LogP contribution in [0.25, 0.3) is 0 Å². The van der Waals surface area contributed by atoms with Gasteiger partial charge in [-0.2, -0.15) is 0 Å². The van der Waals surface area contributed by atoms with Crippen LogP contribution >= 0.6 is 11.3 Å². The van der Waals surface area contributed by atoms with Crippen LogP contribution in [0.2, 0.25) is 0 Å². The summed E-state index contributed by atoms with van der Waals surface area (Å²) in [6, 6.07) is 5.02. The third-order valence-electron chi connectivity index (χ3n) is 2.56. The van der Waals surface area contributed by atoms with Crippen molar-refractivity contribution in [3.8, 4) is 0 Å². The van der Waals surface area contributed by atoms with Crippen molar-refractivity contribution in [1.29, 1.82) is 0 Å². The molecule has 1 aromatic carbocycles. The fourth-order valence-electron chi connectivity index (χ4n) is 1.60. The minimum absolute atomic E-state index is 0.216. The molecule has 2 aromatic rings. The lowest BCUT2D eigenvalue weighted by molar-refractivity contribution is 0.100. The van der Waals surface area contributed by atoms with E-state index < -0.39 is 17.5 Å². The molecule has 0 aliphatic rings. The average Bonchev–Trinajstić information content (AvgIpc) is 2.82. The summed E-state index contributed by atoms with van der Waals surface area (Å²) < 4.78 is 26.3. The van der Waals surface area contributed by atoms with Crippen LogP contribution in [0.1, 0.15) is 20.8 Å². The highest BCUT2D eigenvalue weighted by Crippen LogP contribution is 2.15. The van der Waals surface area contributed by atoms with Gasteiger partial charge in [0.2, 0.25) is 5.91 Å². The molecule has 1 aromatic heterocycles. The minimum atomic E-state index is -0.473. The Morgan fingerprint density at radius 2 is 2.05 bits per heavy atom. The molecule has 19 heavy (non-hydrogen) atoms. The SMILES string of the molecule is NC(=O)c1csc(CNCc2cc(F)ccc2F)c1. The predicted octanol–water partition coefficient (Wildman–Crippen LogP) is 2.42. The lowest BCUT2D eigenvalue weighted by Gasteiger charge is -2.04. The molecule has 0 unspecified atom stereocenters. The average molecular weight is 282 g/mol. The quantitative estimate of drug-likeness (QED) is 0.885. The molecule has 100 valence electrons. The van der Waals surface area contributed by atoms with E-state index >= 15 is 0 Å². The summed E-state index contributed by atoms with van der Waals surface area (Å²) in [5.41, 5.74) is 5.87. The summed E-state index contributed by atoms with van der Waals surface area (Å²) in [5.74, 6) is -1.39. The first-order valence-corrected chi connectivity index (χ1v) is 6.46. The number of hydrogen-bond acceptors (Lipinski definition) is 3. The van der Waals surface area contributed by atoms with Gasteiger partial charge in [-0.25, -0.2) is 8.78 Å². The van der Waals surface area contributed by atoms with E-state index in [4.69, 9.17) is 5.73 Å². The molecular formula is C13H12F2N2OS. The van der Waals surface area contributed by atoms with Crippen molar-refractivity contribution in [2.24, 2.45) is 5.73 Å². The summed E-state index contributed by atoms with van der Waals surface area (Å²) >= 11 is 1.39. The maximum absolute atomic E-state index is 13.3. The van der Waals surface area contributed by atoms with Gasteiger partial charge in [0.1, 0.15) is 11.6 Å². The van der Waals surface area contributed by atoms with Gasteiger partial charge in [-0.05, 0) is 24.3 Å². The van der Waals surface area contributed by atoms with Crippen LogP contribution in [0.15, 0.2) is 29.6 Å². The second-order valence-electron chi connectivity index (χ2n) is 4.01. The molecule has 3 nitrogen and oxygen atoms in total. The Kier molecular flexibility index (Phi) is 4.24. The van der Waals surface area contributed by atoms with Crippen LogP contribution in [0, 0.1) is 11.6 Å². The van der Waals surface area contributed by atoms with Gasteiger partial charge in [-0.3, -0.25) is 4.79 Å². The number of carbonyl (C=O) groups is 1. The Morgan fingerprint density at radius 3 is 2.74 bits per heavy atom. The van der Waals surface area contributed by atoms with E-state index in [0.717, 1.165) is 23.1 Å². The zero-order valence-electron chi connectivity index (χ0n) is 9.95. The fourth-order valence-corrected chi connectivity index (χ4v) is 2.44. The molecule has 0 aliphatic carbocycles. The van der Waals surface area contributed by atoms with Gasteiger partial charge >= 0.3 is 0 Å². The van der Waals surface area contributed by atoms with E-state index in [2.05, 4.69) is 5.32 Å². The van der Waals surface area contributed by atoms with E-state index in [1.165, 1.54) is 11.3 Å². The number of benzene rings is 1. The summed E-state index contributed by atoms with van der Waals surface area (Å²) in [5, 5.41) is 4.66. The van der Waals surface area contributed by atoms with Crippen LogP contribution in [0.4, 0.5) is 8.78 Å². The van der Waals surface area contributed by atoms with Crippen molar-refractivity contribution < 1.29 is 13.6 Å². The molecule has 0 fully saturated rings. The first-order chi connectivity index (χ1) is 9.06. The van der Waals surface area contributed by atoms with Crippen LogP contribution < -0.4 is 11.1 Å². The number of halogens is 2. The predicted molar refractivity (Wildman–Crippen MR) is 69.7 cm³/mol. The van der Waals surface area contributed by atoms with Gasteiger partial charge in [-0.15, -0.1) is 11.3 Å². The van der Waals surface area contributed by atoms with Crippen LogP contribution in [0.3, 0.4) is 0 Å². The summed E-state index contributed by atoms with van der Waals surface area (Å²) in [7, 11) is 0. The molecule has 3 N–H and O–H groups in total. The van der Waals surface area contributed by atoms with E-state index in [9.17, 15) is 13.6 Å². The molecular weight excluding hydrogens is 270 g/mol. The third-order valence-corrected chi connectivity index (χ3v) is 3.50. The van der Waals surface area contributed by atoms with Crippen molar-refractivity contribution in [2.75, 3.05) is 0 Å². The number of nitrogens with two attached hydrogens (primary N) is 1. The van der Waals surface area contributed by atoms with E-state index in [1.807, 2.05) is 0 Å². The first kappa shape index (κ1) is 13.6. The summed E-state index contributed by atoms with van der Waals surface area (Å²) in [6.45, 7) is 0.682. The Morgan fingerprint density at radius 1 is 1.26 bits per heavy atom. The number of nitrogens with one attached hydrogen (secondary N) is 1. The molecule has 0 aliphatic heterocycles. The van der Waals surface area contributed by atoms with Crippen LogP contribution in [-0.4, -0.2) is 5.91 Å². The summed E-state index contributed by atoms with van der Waals surface area (Å²) in [4.78, 5) is 11.8. The van der Waals surface area contributed by atoms with E-state index in [0.29, 0.717) is 12.1 Å². The fraction of sp³-hybridized carbons (Fsp3) is 0.154. The van der Waals surface area contributed by atoms with Crippen molar-refractivity contribution in [3.05, 3.63) is 57.3 Å². The lowest BCUT2D eigenvalue weighted by Crippen LogP contribution is -2.13. The second kappa shape index (κ2) is 5.90. The molecule has 0 radical (unpaired) electrons. The van der Waals surface area contributed by atoms with Gasteiger partial charge in [0, 0.05) is 28.9 Å². The van der Waals surface area contributed by atoms with E-state index in [-0.39, 0.29) is 12.1 Å². The standard InChI is InChI=1S/C13H12F2N2OS/c14-10-1-2-12(15)8(3-10)5-17-6-11-4-9(7-19-11)13(16)18/h1-4,7,17H,5-6H2,(H2,16,18). The molecule has 0 bridgehead atoms. The summed E-state index contributed by atoms with van der Waals surface area (Å²) in [6.07, 6.45) is 0. The van der Waals surface area contributed by atoms with Gasteiger partial charge in [0.15, 0.2) is 0 Å². The highest BCUT2D eigenvalue weighted by molar-refractivity contribution is 7.10. The van der Waals surface area contributed by atoms with Crippen molar-refractivity contribution in [3.63, 3.8) is 0 Å². The van der Waals surface area contributed by atoms with Crippen LogP contribution in [-0.2, 0) is 13.1 Å². The van der Waals surface area contributed by atoms with Crippen molar-refractivity contribution in [1.82, 2.24) is 5.32 Å². The highest BCUT2D eigenvalue weighted by Gasteiger charge is 2.06. The number of carbonyl (C=O) groups excluding carboxylic acids is 1. The topological polar surface area (TPSA) is 55.1 Å². The number of primary amides is 1. The normalized spacial score (nSPS) is 10.6. The monoisotopic (exact) mass is 282 g/mol. The maximum atomic E-state index is 13.3. The van der Waals surface area contributed by atoms with Gasteiger partial charge in [-0.1, -0.05) is 0 Å². The van der Waals surface area contributed by atoms with Crippen molar-refractivity contribution >= 4 is 17.2 Å². The van der Waals surface area contributed by atoms with E-state index in [1.54, 1.807) is 11.4 Å². The zero-order valence-corrected chi connectivity index (χ0v) is 10.8. The Bertz CT molecular complexity index is 598. The first-order valence-electron chi connectivity index (χ1n) is 5.58. The molecule has 1 amide bonds. The van der Waals surface area contributed by atoms with Gasteiger partial charge in [0.25, 0.3) is 0 Å². The number of thiophene rings is 1. The molecule has 0 atom stereocenters. The van der Waals surface area contributed by atoms with Crippen LogP contribution in [0.5, 0.6) is 0 Å². The lowest BCUT2D eigenvalue weighted by atomic mass is 10.2. The molecule has 0 saturated heterocycles. The third kappa shape index (κ3) is 3.59. The number of rotatable bonds is 5. The minimum Gasteiger partial charge on any atom is -0.366 e. The number of hydrogen-bond donors (Lipinski definition) is 2. The molecule has 0 saturated carbocycles. The smallest absolute Gasteiger partial charge is 0.249 e. The number of amides is 1. The van der Waals surface area contributed by atoms with Gasteiger partial charge in [0.05, 0.1) is 5.56 Å². The van der Waals surface area contributed by atoms with Gasteiger partial charge < -0.3 is 11.1 Å². The second-order valence-corrected chi connectivity index (χ2v) is 5.00. The zero-order chi connectivity index (χ0) is 13.8. The Balaban J connectivity index is 1.92. The molecule has 2 rings (SSSR count). The molecule has 1 heterocycles.